The molecule has 0 radical (unpaired) electrons. The Morgan fingerprint density at radius 1 is 0.947 bits per heavy atom. The summed E-state index contributed by atoms with van der Waals surface area (Å²) in [5.74, 6) is 0. The van der Waals surface area contributed by atoms with Crippen molar-refractivity contribution in [3.8, 4) is 0 Å². The van der Waals surface area contributed by atoms with Crippen LogP contribution >= 0.6 is 31.9 Å². The van der Waals surface area contributed by atoms with Crippen LogP contribution in [0.2, 0.25) is 0 Å². The molecule has 3 heteroatoms. The Balaban J connectivity index is 1.87. The summed E-state index contributed by atoms with van der Waals surface area (Å²) >= 11 is 6.89. The van der Waals surface area contributed by atoms with E-state index >= 15 is 0 Å². The molecule has 1 nitrogen and oxygen atoms in total. The molecule has 0 fully saturated rings. The summed E-state index contributed by atoms with van der Waals surface area (Å²) < 4.78 is 1.99. The zero-order valence-electron chi connectivity index (χ0n) is 10.5. The first-order chi connectivity index (χ1) is 9.16. The number of rotatable bonds is 5. The average Bonchev–Trinajstić information content (AvgIpc) is 2.43. The molecule has 0 aromatic heterocycles. The second-order valence-corrected chi connectivity index (χ2v) is 6.28. The quantitative estimate of drug-likeness (QED) is 0.745. The predicted octanol–water partition coefficient (Wildman–Crippen LogP) is 5.27. The maximum atomic E-state index is 10.2. The summed E-state index contributed by atoms with van der Waals surface area (Å²) in [5, 5.41) is 10.2. The van der Waals surface area contributed by atoms with Crippen LogP contribution in [0, 0.1) is 0 Å². The SMILES string of the molecule is OC(CCCc1ccccc1)c1ccc(Br)c(Br)c1. The highest BCUT2D eigenvalue weighted by Crippen LogP contribution is 2.28. The number of hydrogen-bond donors (Lipinski definition) is 1. The van der Waals surface area contributed by atoms with E-state index in [-0.39, 0.29) is 0 Å². The molecule has 0 amide bonds. The van der Waals surface area contributed by atoms with Gasteiger partial charge in [0.05, 0.1) is 6.10 Å². The zero-order chi connectivity index (χ0) is 13.7. The molecule has 1 unspecified atom stereocenters. The van der Waals surface area contributed by atoms with Gasteiger partial charge < -0.3 is 5.11 Å². The number of hydrogen-bond acceptors (Lipinski definition) is 1. The summed E-state index contributed by atoms with van der Waals surface area (Å²) in [5.41, 5.74) is 2.29. The van der Waals surface area contributed by atoms with Gasteiger partial charge in [-0.2, -0.15) is 0 Å². The van der Waals surface area contributed by atoms with E-state index in [1.54, 1.807) is 0 Å². The summed E-state index contributed by atoms with van der Waals surface area (Å²) in [7, 11) is 0. The van der Waals surface area contributed by atoms with Crippen LogP contribution < -0.4 is 0 Å². The van der Waals surface area contributed by atoms with Crippen molar-refractivity contribution < 1.29 is 5.11 Å². The third-order valence-corrected chi connectivity index (χ3v) is 4.99. The van der Waals surface area contributed by atoms with E-state index < -0.39 is 6.10 Å². The van der Waals surface area contributed by atoms with E-state index in [0.29, 0.717) is 0 Å². The van der Waals surface area contributed by atoms with E-state index in [9.17, 15) is 5.11 Å². The fraction of sp³-hybridized carbons (Fsp3) is 0.250. The highest BCUT2D eigenvalue weighted by molar-refractivity contribution is 9.13. The largest absolute Gasteiger partial charge is 0.388 e. The zero-order valence-corrected chi connectivity index (χ0v) is 13.7. The lowest BCUT2D eigenvalue weighted by Gasteiger charge is -2.12. The second kappa shape index (κ2) is 7.22. The molecule has 0 aliphatic rings. The minimum atomic E-state index is -0.395. The molecule has 0 heterocycles. The Kier molecular flexibility index (Phi) is 5.61. The fourth-order valence-corrected chi connectivity index (χ4v) is 2.67. The topological polar surface area (TPSA) is 20.2 Å². The van der Waals surface area contributed by atoms with Crippen molar-refractivity contribution >= 4 is 31.9 Å². The number of aryl methyl sites for hydroxylation is 1. The van der Waals surface area contributed by atoms with Crippen molar-refractivity contribution in [3.63, 3.8) is 0 Å². The Morgan fingerprint density at radius 2 is 1.68 bits per heavy atom. The lowest BCUT2D eigenvalue weighted by Crippen LogP contribution is -1.98. The van der Waals surface area contributed by atoms with E-state index in [0.717, 1.165) is 33.8 Å². The Labute approximate surface area is 130 Å². The van der Waals surface area contributed by atoms with Crippen molar-refractivity contribution in [2.45, 2.75) is 25.4 Å². The third kappa shape index (κ3) is 4.44. The van der Waals surface area contributed by atoms with E-state index in [1.165, 1.54) is 5.56 Å². The van der Waals surface area contributed by atoms with Crippen molar-refractivity contribution in [1.82, 2.24) is 0 Å². The van der Waals surface area contributed by atoms with Crippen LogP contribution in [-0.4, -0.2) is 5.11 Å². The Morgan fingerprint density at radius 3 is 2.37 bits per heavy atom. The van der Waals surface area contributed by atoms with Crippen molar-refractivity contribution in [2.24, 2.45) is 0 Å². The molecule has 2 aromatic carbocycles. The first kappa shape index (κ1) is 14.8. The second-order valence-electron chi connectivity index (χ2n) is 4.57. The molecule has 1 N–H and O–H groups in total. The van der Waals surface area contributed by atoms with Crippen LogP contribution in [-0.2, 0) is 6.42 Å². The smallest absolute Gasteiger partial charge is 0.0790 e. The van der Waals surface area contributed by atoms with Crippen molar-refractivity contribution in [1.29, 1.82) is 0 Å². The van der Waals surface area contributed by atoms with Crippen LogP contribution in [0.4, 0.5) is 0 Å². The normalized spacial score (nSPS) is 12.4. The van der Waals surface area contributed by atoms with Gasteiger partial charge in [-0.05, 0) is 74.4 Å². The van der Waals surface area contributed by atoms with Gasteiger partial charge in [0.1, 0.15) is 0 Å². The average molecular weight is 384 g/mol. The van der Waals surface area contributed by atoms with Gasteiger partial charge in [-0.3, -0.25) is 0 Å². The Hall–Kier alpha value is -0.640. The van der Waals surface area contributed by atoms with Gasteiger partial charge in [0.15, 0.2) is 0 Å². The summed E-state index contributed by atoms with van der Waals surface area (Å²) in [6.45, 7) is 0. The monoisotopic (exact) mass is 382 g/mol. The first-order valence-corrected chi connectivity index (χ1v) is 7.92. The Bertz CT molecular complexity index is 526. The summed E-state index contributed by atoms with van der Waals surface area (Å²) in [4.78, 5) is 0. The van der Waals surface area contributed by atoms with Gasteiger partial charge in [0.2, 0.25) is 0 Å². The molecule has 19 heavy (non-hydrogen) atoms. The highest BCUT2D eigenvalue weighted by atomic mass is 79.9. The predicted molar refractivity (Wildman–Crippen MR) is 86.2 cm³/mol. The third-order valence-electron chi connectivity index (χ3n) is 3.11. The minimum absolute atomic E-state index is 0.395. The van der Waals surface area contributed by atoms with Crippen LogP contribution in [0.3, 0.4) is 0 Å². The molecule has 100 valence electrons. The van der Waals surface area contributed by atoms with E-state index in [2.05, 4.69) is 56.1 Å². The van der Waals surface area contributed by atoms with Crippen LogP contribution in [0.15, 0.2) is 57.5 Å². The molecule has 0 bridgehead atoms. The molecule has 2 aromatic rings. The fourth-order valence-electron chi connectivity index (χ4n) is 2.03. The van der Waals surface area contributed by atoms with Crippen molar-refractivity contribution in [3.05, 3.63) is 68.6 Å². The van der Waals surface area contributed by atoms with E-state index in [4.69, 9.17) is 0 Å². The maximum absolute atomic E-state index is 10.2. The van der Waals surface area contributed by atoms with E-state index in [1.807, 2.05) is 24.3 Å². The van der Waals surface area contributed by atoms with Gasteiger partial charge in [-0.1, -0.05) is 36.4 Å². The molecule has 0 saturated carbocycles. The van der Waals surface area contributed by atoms with Gasteiger partial charge in [0, 0.05) is 8.95 Å². The number of halogens is 2. The minimum Gasteiger partial charge on any atom is -0.388 e. The molecular formula is C16H16Br2O. The molecule has 0 aliphatic heterocycles. The molecular weight excluding hydrogens is 368 g/mol. The molecule has 2 rings (SSSR count). The van der Waals surface area contributed by atoms with Crippen LogP contribution in [0.1, 0.15) is 30.1 Å². The van der Waals surface area contributed by atoms with Gasteiger partial charge >= 0.3 is 0 Å². The summed E-state index contributed by atoms with van der Waals surface area (Å²) in [6, 6.07) is 16.3. The van der Waals surface area contributed by atoms with Crippen LogP contribution in [0.25, 0.3) is 0 Å². The summed E-state index contributed by atoms with van der Waals surface area (Å²) in [6.07, 6.45) is 2.38. The van der Waals surface area contributed by atoms with Crippen molar-refractivity contribution in [2.75, 3.05) is 0 Å². The highest BCUT2D eigenvalue weighted by Gasteiger charge is 2.09. The molecule has 0 aliphatic carbocycles. The number of aliphatic hydroxyl groups excluding tert-OH is 1. The van der Waals surface area contributed by atoms with Gasteiger partial charge in [0.25, 0.3) is 0 Å². The molecule has 0 saturated heterocycles. The maximum Gasteiger partial charge on any atom is 0.0790 e. The number of benzene rings is 2. The lowest BCUT2D eigenvalue weighted by atomic mass is 10.0. The van der Waals surface area contributed by atoms with Gasteiger partial charge in [-0.25, -0.2) is 0 Å². The first-order valence-electron chi connectivity index (χ1n) is 6.34. The van der Waals surface area contributed by atoms with Gasteiger partial charge in [-0.15, -0.1) is 0 Å². The standard InChI is InChI=1S/C16H16Br2O/c17-14-10-9-13(11-15(14)18)16(19)8-4-7-12-5-2-1-3-6-12/h1-3,5-6,9-11,16,19H,4,7-8H2. The van der Waals surface area contributed by atoms with Crippen LogP contribution in [0.5, 0.6) is 0 Å². The molecule has 0 spiro atoms. The molecule has 1 atom stereocenters. The number of aliphatic hydroxyl groups is 1. The lowest BCUT2D eigenvalue weighted by molar-refractivity contribution is 0.164.